The molecule has 3 N–H and O–H groups in total. The molecule has 3 atom stereocenters. The van der Waals surface area contributed by atoms with E-state index in [0.717, 1.165) is 52.4 Å². The second-order valence-electron chi connectivity index (χ2n) is 12.7. The number of aliphatic hydroxyl groups excluding tert-OH is 1. The van der Waals surface area contributed by atoms with Crippen LogP contribution in [0.15, 0.2) is 67.2 Å². The van der Waals surface area contributed by atoms with Gasteiger partial charge in [-0.05, 0) is 77.5 Å². The van der Waals surface area contributed by atoms with Gasteiger partial charge < -0.3 is 20.3 Å². The van der Waals surface area contributed by atoms with Crippen LogP contribution < -0.4 is 10.6 Å². The summed E-state index contributed by atoms with van der Waals surface area (Å²) in [4.78, 5) is 7.22. The summed E-state index contributed by atoms with van der Waals surface area (Å²) in [6.07, 6.45) is 0.467. The summed E-state index contributed by atoms with van der Waals surface area (Å²) >= 11 is -1.27. The molecule has 1 unspecified atom stereocenters. The van der Waals surface area contributed by atoms with Gasteiger partial charge >= 0.3 is 0 Å². The van der Waals surface area contributed by atoms with Gasteiger partial charge in [0.1, 0.15) is 4.75 Å². The van der Waals surface area contributed by atoms with Gasteiger partial charge in [0.25, 0.3) is 0 Å². The lowest BCUT2D eigenvalue weighted by atomic mass is 9.95. The average Bonchev–Trinajstić information content (AvgIpc) is 3.34. The van der Waals surface area contributed by atoms with Crippen molar-refractivity contribution < 1.29 is 9.66 Å². The van der Waals surface area contributed by atoms with Crippen LogP contribution in [0.5, 0.6) is 0 Å². The Balaban J connectivity index is 1.67. The van der Waals surface area contributed by atoms with E-state index in [1.54, 1.807) is 0 Å². The molecule has 2 heterocycles. The highest BCUT2D eigenvalue weighted by Crippen LogP contribution is 2.45. The molecule has 0 saturated carbocycles. The van der Waals surface area contributed by atoms with Crippen molar-refractivity contribution in [2.45, 2.75) is 64.0 Å². The van der Waals surface area contributed by atoms with Crippen molar-refractivity contribution in [3.8, 4) is 23.1 Å². The number of pyridine rings is 1. The topological polar surface area (TPSA) is 86.7 Å². The van der Waals surface area contributed by atoms with Crippen LogP contribution in [0.25, 0.3) is 17.0 Å². The molecule has 0 fully saturated rings. The second kappa shape index (κ2) is 15.2. The van der Waals surface area contributed by atoms with Crippen LogP contribution in [0.4, 0.5) is 0 Å². The quantitative estimate of drug-likeness (QED) is 0.194. The Morgan fingerprint density at radius 3 is 2.61 bits per heavy atom. The van der Waals surface area contributed by atoms with Gasteiger partial charge in [-0.15, -0.1) is 4.31 Å². The minimum atomic E-state index is -1.27. The van der Waals surface area contributed by atoms with Crippen LogP contribution in [0.2, 0.25) is 0 Å². The van der Waals surface area contributed by atoms with E-state index in [9.17, 15) is 9.66 Å². The van der Waals surface area contributed by atoms with Crippen LogP contribution in [-0.2, 0) is 24.5 Å². The fourth-order valence-corrected chi connectivity index (χ4v) is 6.74. The lowest BCUT2D eigenvalue weighted by Crippen LogP contribution is -2.42. The first-order valence-electron chi connectivity index (χ1n) is 15.3. The van der Waals surface area contributed by atoms with Gasteiger partial charge in [-0.25, -0.2) is 4.98 Å². The van der Waals surface area contributed by atoms with Gasteiger partial charge in [-0.3, -0.25) is 4.90 Å². The minimum absolute atomic E-state index is 0.0129. The Labute approximate surface area is 267 Å². The third kappa shape index (κ3) is 8.72. The molecule has 44 heavy (non-hydrogen) atoms. The molecule has 1 aliphatic rings. The molecule has 0 bridgehead atoms. The molecule has 0 spiro atoms. The zero-order valence-corrected chi connectivity index (χ0v) is 27.8. The summed E-state index contributed by atoms with van der Waals surface area (Å²) in [7, 11) is 4.00. The molecule has 0 aliphatic carbocycles. The summed E-state index contributed by atoms with van der Waals surface area (Å²) in [5.41, 5.74) is 7.48. The van der Waals surface area contributed by atoms with Crippen LogP contribution in [0, 0.1) is 11.8 Å². The van der Waals surface area contributed by atoms with E-state index in [1.807, 2.05) is 74.4 Å². The summed E-state index contributed by atoms with van der Waals surface area (Å²) < 4.78 is 15.3. The van der Waals surface area contributed by atoms with Crippen molar-refractivity contribution in [3.05, 3.63) is 95.2 Å². The fraction of sp³-hybridized carbons (Fsp3) is 0.417. The molecule has 234 valence electrons. The number of benzene rings is 2. The number of rotatable bonds is 12. The molecule has 1 aliphatic heterocycles. The number of aliphatic hydroxyl groups is 1. The predicted molar refractivity (Wildman–Crippen MR) is 183 cm³/mol. The van der Waals surface area contributed by atoms with Gasteiger partial charge in [0, 0.05) is 53.8 Å². The molecule has 7 nitrogen and oxygen atoms in total. The van der Waals surface area contributed by atoms with Crippen molar-refractivity contribution >= 4 is 17.1 Å². The minimum Gasteiger partial charge on any atom is -0.597 e. The smallest absolute Gasteiger partial charge is 0.137 e. The summed E-state index contributed by atoms with van der Waals surface area (Å²) in [5, 5.41) is 17.1. The number of hydrogen-bond acceptors (Lipinski definition) is 7. The van der Waals surface area contributed by atoms with Crippen molar-refractivity contribution in [3.63, 3.8) is 0 Å². The highest BCUT2D eigenvalue weighted by Gasteiger charge is 2.44. The fourth-order valence-electron chi connectivity index (χ4n) is 5.34. The van der Waals surface area contributed by atoms with Crippen LogP contribution in [0.3, 0.4) is 0 Å². The van der Waals surface area contributed by atoms with E-state index >= 15 is 0 Å². The van der Waals surface area contributed by atoms with E-state index in [4.69, 9.17) is 4.98 Å². The van der Waals surface area contributed by atoms with E-state index in [2.05, 4.69) is 66.3 Å². The van der Waals surface area contributed by atoms with Crippen molar-refractivity contribution in [2.75, 3.05) is 33.8 Å². The highest BCUT2D eigenvalue weighted by atomic mass is 32.2. The summed E-state index contributed by atoms with van der Waals surface area (Å²) in [6, 6.07) is 20.4. The molecule has 3 aromatic rings. The maximum Gasteiger partial charge on any atom is 0.137 e. The van der Waals surface area contributed by atoms with Gasteiger partial charge in [-0.2, -0.15) is 0 Å². The molecule has 1 aromatic heterocycles. The number of nitrogens with one attached hydrogen (secondary N) is 2. The zero-order valence-electron chi connectivity index (χ0n) is 27.0. The third-order valence-electron chi connectivity index (χ3n) is 7.41. The van der Waals surface area contributed by atoms with E-state index in [1.165, 1.54) is 5.56 Å². The molecule has 0 radical (unpaired) electrons. The third-order valence-corrected chi connectivity index (χ3v) is 9.26. The van der Waals surface area contributed by atoms with Crippen LogP contribution in [0.1, 0.15) is 68.1 Å². The number of hydrogen-bond donors (Lipinski definition) is 3. The standard InChI is InChI=1S/C36H47N5O2S/c1-26(23-37-24-29-13-9-8-10-14-29)38-27(2)32-22-31-25-41(44(43)36(3,4)5)33(18-20-42)34(31)35(39-32)30-17-11-15-28(21-30)16-12-19-40(6)7/h8-11,13-15,17,21-22,26,33,37-38,42H,2,18-20,23-25H2,1,3-7H3/t26-,33-,44?/m1/s1. The maximum absolute atomic E-state index is 13.7. The highest BCUT2D eigenvalue weighted by molar-refractivity contribution is 7.90. The number of fused-ring (bicyclic) bond motifs is 1. The molecule has 4 rings (SSSR count). The van der Waals surface area contributed by atoms with Crippen LogP contribution in [-0.4, -0.2) is 68.4 Å². The number of aromatic nitrogens is 1. The Morgan fingerprint density at radius 1 is 1.18 bits per heavy atom. The van der Waals surface area contributed by atoms with E-state index in [0.29, 0.717) is 19.5 Å². The molecular formula is C36H47N5O2S. The molecule has 2 aromatic carbocycles. The van der Waals surface area contributed by atoms with Crippen molar-refractivity contribution in [2.24, 2.45) is 0 Å². The van der Waals surface area contributed by atoms with E-state index in [-0.39, 0.29) is 18.7 Å². The molecule has 8 heteroatoms. The lowest BCUT2D eigenvalue weighted by Gasteiger charge is -2.33. The predicted octanol–water partition coefficient (Wildman–Crippen LogP) is 5.10. The summed E-state index contributed by atoms with van der Waals surface area (Å²) in [5.74, 6) is 6.50. The first kappa shape index (κ1) is 33.7. The first-order valence-corrected chi connectivity index (χ1v) is 16.4. The first-order chi connectivity index (χ1) is 21.0. The van der Waals surface area contributed by atoms with Crippen LogP contribution >= 0.6 is 0 Å². The molecule has 0 amide bonds. The largest absolute Gasteiger partial charge is 0.597 e. The van der Waals surface area contributed by atoms with Gasteiger partial charge in [0.15, 0.2) is 0 Å². The monoisotopic (exact) mass is 613 g/mol. The van der Waals surface area contributed by atoms with Crippen molar-refractivity contribution in [1.82, 2.24) is 24.8 Å². The average molecular weight is 614 g/mol. The Morgan fingerprint density at radius 2 is 1.93 bits per heavy atom. The Kier molecular flexibility index (Phi) is 11.7. The van der Waals surface area contributed by atoms with Gasteiger partial charge in [0.2, 0.25) is 0 Å². The molecular weight excluding hydrogens is 566 g/mol. The van der Waals surface area contributed by atoms with E-state index < -0.39 is 16.1 Å². The second-order valence-corrected chi connectivity index (χ2v) is 14.8. The summed E-state index contributed by atoms with van der Waals surface area (Å²) in [6.45, 7) is 15.2. The molecule has 0 saturated heterocycles. The zero-order chi connectivity index (χ0) is 31.9. The van der Waals surface area contributed by atoms with Gasteiger partial charge in [0.05, 0.1) is 36.2 Å². The lowest BCUT2D eigenvalue weighted by molar-refractivity contribution is 0.233. The SMILES string of the molecule is C=C(N[C@H](C)CNCc1ccccc1)c1cc2c(c(-c3cccc(C#CCN(C)C)c3)n1)[C@@H](CCO)N([S+]([O-])C(C)(C)C)C2. The van der Waals surface area contributed by atoms with Gasteiger partial charge in [-0.1, -0.05) is 60.9 Å². The van der Waals surface area contributed by atoms with Crippen molar-refractivity contribution in [1.29, 1.82) is 0 Å². The Bertz CT molecular complexity index is 1480. The normalized spacial score (nSPS) is 16.2. The number of nitrogens with zero attached hydrogens (tertiary/aromatic N) is 3. The maximum atomic E-state index is 13.7. The Hall–Kier alpha value is -3.16.